The van der Waals surface area contributed by atoms with Crippen LogP contribution in [0, 0.1) is 12.8 Å². The summed E-state index contributed by atoms with van der Waals surface area (Å²) in [5.74, 6) is 0.0541. The highest BCUT2D eigenvalue weighted by Gasteiger charge is 2.21. The van der Waals surface area contributed by atoms with E-state index in [-0.39, 0.29) is 11.1 Å². The van der Waals surface area contributed by atoms with Gasteiger partial charge in [0.05, 0.1) is 6.54 Å². The van der Waals surface area contributed by atoms with E-state index in [1.54, 1.807) is 15.2 Å². The molecule has 5 rings (SSSR count). The van der Waals surface area contributed by atoms with Crippen molar-refractivity contribution < 1.29 is 5.11 Å². The summed E-state index contributed by atoms with van der Waals surface area (Å²) in [4.78, 5) is 26.7. The molecule has 1 N–H and O–H groups in total. The molecule has 4 aromatic rings. The second kappa shape index (κ2) is 9.34. The smallest absolute Gasteiger partial charge is 0.279 e. The molecule has 1 aliphatic rings. The van der Waals surface area contributed by atoms with Gasteiger partial charge in [-0.2, -0.15) is 0 Å². The fourth-order valence-electron chi connectivity index (χ4n) is 5.26. The zero-order valence-corrected chi connectivity index (χ0v) is 19.5. The van der Waals surface area contributed by atoms with Crippen molar-refractivity contribution in [3.8, 4) is 16.9 Å². The monoisotopic (exact) mass is 454 g/mol. The molecule has 0 saturated heterocycles. The van der Waals surface area contributed by atoms with Crippen LogP contribution in [0.25, 0.3) is 16.6 Å². The molecule has 0 radical (unpaired) electrons. The molecular formula is C29H30N2O3. The molecule has 2 heterocycles. The predicted octanol–water partition coefficient (Wildman–Crippen LogP) is 5.31. The molecule has 0 aliphatic heterocycles. The summed E-state index contributed by atoms with van der Waals surface area (Å²) < 4.78 is 3.41. The molecule has 34 heavy (non-hydrogen) atoms. The number of aryl methyl sites for hydroxylation is 1. The average molecular weight is 455 g/mol. The summed E-state index contributed by atoms with van der Waals surface area (Å²) in [5.41, 5.74) is 3.40. The molecular weight excluding hydrogens is 424 g/mol. The minimum absolute atomic E-state index is 0.0608. The first-order chi connectivity index (χ1) is 16.5. The normalized spacial score (nSPS) is 14.5. The maximum Gasteiger partial charge on any atom is 0.279 e. The lowest BCUT2D eigenvalue weighted by atomic mass is 9.86. The Kier molecular flexibility index (Phi) is 6.10. The second-order valence-corrected chi connectivity index (χ2v) is 9.56. The average Bonchev–Trinajstić information content (AvgIpc) is 2.85. The van der Waals surface area contributed by atoms with Gasteiger partial charge < -0.3 is 14.1 Å². The van der Waals surface area contributed by atoms with Crippen molar-refractivity contribution in [2.75, 3.05) is 0 Å². The number of pyridine rings is 1. The summed E-state index contributed by atoms with van der Waals surface area (Å²) in [7, 11) is 0. The van der Waals surface area contributed by atoms with Crippen LogP contribution in [0.5, 0.6) is 5.75 Å². The van der Waals surface area contributed by atoms with Crippen LogP contribution in [-0.4, -0.2) is 14.1 Å². The molecule has 174 valence electrons. The van der Waals surface area contributed by atoms with Crippen molar-refractivity contribution in [2.45, 2.75) is 52.0 Å². The number of benzene rings is 2. The number of hydrogen-bond acceptors (Lipinski definition) is 3. The van der Waals surface area contributed by atoms with Crippen LogP contribution in [-0.2, 0) is 13.0 Å². The van der Waals surface area contributed by atoms with E-state index in [1.807, 2.05) is 61.7 Å². The van der Waals surface area contributed by atoms with E-state index in [9.17, 15) is 14.7 Å². The number of aromatic nitrogens is 2. The van der Waals surface area contributed by atoms with Gasteiger partial charge in [-0.25, -0.2) is 0 Å². The Balaban J connectivity index is 1.71. The zero-order chi connectivity index (χ0) is 23.7. The largest absolute Gasteiger partial charge is 0.503 e. The molecule has 5 nitrogen and oxygen atoms in total. The Labute approximate surface area is 198 Å². The zero-order valence-electron chi connectivity index (χ0n) is 19.5. The van der Waals surface area contributed by atoms with Crippen LogP contribution in [0.2, 0.25) is 0 Å². The molecule has 0 bridgehead atoms. The first kappa shape index (κ1) is 22.2. The fourth-order valence-corrected chi connectivity index (χ4v) is 5.26. The lowest BCUT2D eigenvalue weighted by molar-refractivity contribution is 0.352. The van der Waals surface area contributed by atoms with Crippen molar-refractivity contribution in [3.63, 3.8) is 0 Å². The highest BCUT2D eigenvalue weighted by Crippen LogP contribution is 2.28. The molecule has 0 amide bonds. The van der Waals surface area contributed by atoms with Crippen LogP contribution in [0.15, 0.2) is 76.6 Å². The lowest BCUT2D eigenvalue weighted by Crippen LogP contribution is -2.27. The second-order valence-electron chi connectivity index (χ2n) is 9.56. The summed E-state index contributed by atoms with van der Waals surface area (Å²) in [6, 6.07) is 17.4. The topological polar surface area (TPSA) is 63.7 Å². The third-order valence-corrected chi connectivity index (χ3v) is 7.00. The van der Waals surface area contributed by atoms with Gasteiger partial charge in [0.25, 0.3) is 5.56 Å². The predicted molar refractivity (Wildman–Crippen MR) is 136 cm³/mol. The van der Waals surface area contributed by atoms with E-state index in [1.165, 1.54) is 19.3 Å². The van der Waals surface area contributed by atoms with Crippen molar-refractivity contribution in [1.82, 2.24) is 8.97 Å². The van der Waals surface area contributed by atoms with Crippen LogP contribution in [0.4, 0.5) is 0 Å². The van der Waals surface area contributed by atoms with E-state index in [0.29, 0.717) is 18.0 Å². The van der Waals surface area contributed by atoms with Gasteiger partial charge in [-0.3, -0.25) is 9.59 Å². The summed E-state index contributed by atoms with van der Waals surface area (Å²) in [6.07, 6.45) is 10.5. The van der Waals surface area contributed by atoms with Crippen molar-refractivity contribution >= 4 is 5.52 Å². The third kappa shape index (κ3) is 4.30. The molecule has 0 unspecified atom stereocenters. The molecule has 5 heteroatoms. The number of fused-ring (bicyclic) bond motifs is 1. The van der Waals surface area contributed by atoms with Gasteiger partial charge in [-0.1, -0.05) is 92.3 Å². The van der Waals surface area contributed by atoms with Crippen LogP contribution in [0.1, 0.15) is 48.9 Å². The summed E-state index contributed by atoms with van der Waals surface area (Å²) in [6.45, 7) is 2.42. The Bertz CT molecular complexity index is 1440. The number of hydrogen-bond donors (Lipinski definition) is 1. The number of aromatic hydroxyl groups is 1. The standard InChI is InChI=1S/C29H30N2O3/c1-20-9-8-12-22(15-20)17-30-18-24(16-21-10-4-2-5-11-21)31-19-25(23-13-6-3-7-14-23)27(32)28(33)26(31)29(30)34/h3,6-9,12-15,18-19,21,33H,2,4-5,10-11,16-17H2,1H3. The fraction of sp³-hybridized carbons (Fsp3) is 0.310. The number of rotatable bonds is 5. The maximum atomic E-state index is 13.5. The molecule has 2 aromatic heterocycles. The maximum absolute atomic E-state index is 13.5. The van der Waals surface area contributed by atoms with Crippen LogP contribution in [0.3, 0.4) is 0 Å². The Morgan fingerprint density at radius 1 is 0.941 bits per heavy atom. The molecule has 1 aliphatic carbocycles. The Morgan fingerprint density at radius 2 is 1.71 bits per heavy atom. The molecule has 0 spiro atoms. The van der Waals surface area contributed by atoms with E-state index >= 15 is 0 Å². The first-order valence-electron chi connectivity index (χ1n) is 12.1. The third-order valence-electron chi connectivity index (χ3n) is 7.00. The van der Waals surface area contributed by atoms with E-state index in [2.05, 4.69) is 6.07 Å². The van der Waals surface area contributed by atoms with Crippen molar-refractivity contribution in [2.24, 2.45) is 5.92 Å². The molecule has 1 fully saturated rings. The van der Waals surface area contributed by atoms with Gasteiger partial charge >= 0.3 is 0 Å². The van der Waals surface area contributed by atoms with Crippen LogP contribution >= 0.6 is 0 Å². The van der Waals surface area contributed by atoms with Gasteiger partial charge in [0.1, 0.15) is 0 Å². The summed E-state index contributed by atoms with van der Waals surface area (Å²) in [5, 5.41) is 11.0. The number of nitrogens with zero attached hydrogens (tertiary/aromatic N) is 2. The van der Waals surface area contributed by atoms with Gasteiger partial charge in [0, 0.05) is 23.7 Å². The molecule has 2 aromatic carbocycles. The molecule has 0 atom stereocenters. The Hall–Kier alpha value is -3.60. The van der Waals surface area contributed by atoms with Crippen LogP contribution < -0.4 is 11.0 Å². The quantitative estimate of drug-likeness (QED) is 0.444. The van der Waals surface area contributed by atoms with Gasteiger partial charge in [0.15, 0.2) is 11.3 Å². The van der Waals surface area contributed by atoms with E-state index in [0.717, 1.165) is 41.6 Å². The summed E-state index contributed by atoms with van der Waals surface area (Å²) >= 11 is 0. The molecule has 1 saturated carbocycles. The van der Waals surface area contributed by atoms with Gasteiger partial charge in [-0.15, -0.1) is 0 Å². The Morgan fingerprint density at radius 3 is 2.44 bits per heavy atom. The minimum atomic E-state index is -0.514. The highest BCUT2D eigenvalue weighted by molar-refractivity contribution is 5.70. The minimum Gasteiger partial charge on any atom is -0.503 e. The van der Waals surface area contributed by atoms with E-state index in [4.69, 9.17) is 0 Å². The lowest BCUT2D eigenvalue weighted by Gasteiger charge is -2.23. The van der Waals surface area contributed by atoms with Gasteiger partial charge in [-0.05, 0) is 30.4 Å². The SMILES string of the molecule is Cc1cccc(Cn2cc(CC3CCCCC3)n3cc(-c4ccccc4)c(=O)c(O)c3c2=O)c1. The first-order valence-corrected chi connectivity index (χ1v) is 12.1. The van der Waals surface area contributed by atoms with E-state index < -0.39 is 11.2 Å². The van der Waals surface area contributed by atoms with Crippen molar-refractivity contribution in [3.05, 3.63) is 104 Å². The van der Waals surface area contributed by atoms with Gasteiger partial charge in [0.2, 0.25) is 5.43 Å². The highest BCUT2D eigenvalue weighted by atomic mass is 16.3. The van der Waals surface area contributed by atoms with Crippen molar-refractivity contribution in [1.29, 1.82) is 0 Å².